The molecule has 5 heteroatoms. The van der Waals surface area contributed by atoms with Crippen molar-refractivity contribution in [2.45, 2.75) is 20.4 Å². The lowest BCUT2D eigenvalue weighted by molar-refractivity contribution is 0.0599. The lowest BCUT2D eigenvalue weighted by atomic mass is 10.0. The van der Waals surface area contributed by atoms with Crippen molar-refractivity contribution >= 4 is 17.6 Å². The summed E-state index contributed by atoms with van der Waals surface area (Å²) in [6.45, 7) is 4.43. The van der Waals surface area contributed by atoms with Gasteiger partial charge in [0, 0.05) is 23.3 Å². The maximum atomic E-state index is 12.2. The Bertz CT molecular complexity index is 732. The fraction of sp³-hybridized carbons (Fsp3) is 0.250. The van der Waals surface area contributed by atoms with Gasteiger partial charge < -0.3 is 9.30 Å². The van der Waals surface area contributed by atoms with Crippen LogP contribution in [0.15, 0.2) is 35.1 Å². The molecular formula is C16H16ClNO3. The highest BCUT2D eigenvalue weighted by Gasteiger charge is 2.21. The first-order valence-electron chi connectivity index (χ1n) is 6.58. The zero-order valence-electron chi connectivity index (χ0n) is 12.1. The van der Waals surface area contributed by atoms with E-state index in [-0.39, 0.29) is 11.0 Å². The molecule has 0 aliphatic heterocycles. The first-order valence-corrected chi connectivity index (χ1v) is 6.96. The molecule has 0 fully saturated rings. The highest BCUT2D eigenvalue weighted by atomic mass is 35.5. The third-order valence-corrected chi connectivity index (χ3v) is 3.59. The molecule has 0 N–H and O–H groups in total. The highest BCUT2D eigenvalue weighted by molar-refractivity contribution is 6.30. The number of ether oxygens (including phenoxy) is 1. The monoisotopic (exact) mass is 305 g/mol. The second-order valence-corrected chi connectivity index (χ2v) is 5.05. The number of methoxy groups -OCH3 is 1. The summed E-state index contributed by atoms with van der Waals surface area (Å²) in [5.74, 6) is -0.632. The Hall–Kier alpha value is -2.07. The predicted molar refractivity (Wildman–Crippen MR) is 82.9 cm³/mol. The van der Waals surface area contributed by atoms with Crippen molar-refractivity contribution in [3.63, 3.8) is 0 Å². The van der Waals surface area contributed by atoms with Gasteiger partial charge in [-0.15, -0.1) is 0 Å². The van der Waals surface area contributed by atoms with Gasteiger partial charge in [-0.3, -0.25) is 4.79 Å². The fourth-order valence-corrected chi connectivity index (χ4v) is 2.51. The smallest absolute Gasteiger partial charge is 0.344 e. The van der Waals surface area contributed by atoms with Crippen LogP contribution in [0.5, 0.6) is 0 Å². The number of benzene rings is 1. The highest BCUT2D eigenvalue weighted by Crippen LogP contribution is 2.25. The standard InChI is InChI=1S/C16H16ClNO3/c1-4-18-10(2)9-13(19)14(16(20)21-3)15(18)11-5-7-12(17)8-6-11/h5-9H,4H2,1-3H3. The molecule has 1 aromatic heterocycles. The lowest BCUT2D eigenvalue weighted by Gasteiger charge is -2.18. The van der Waals surface area contributed by atoms with E-state index < -0.39 is 5.97 Å². The maximum Gasteiger partial charge on any atom is 0.344 e. The van der Waals surface area contributed by atoms with Crippen LogP contribution in [0, 0.1) is 6.92 Å². The van der Waals surface area contributed by atoms with Gasteiger partial charge in [0.1, 0.15) is 5.56 Å². The number of esters is 1. The van der Waals surface area contributed by atoms with Gasteiger partial charge in [-0.1, -0.05) is 23.7 Å². The molecule has 0 unspecified atom stereocenters. The molecule has 110 valence electrons. The van der Waals surface area contributed by atoms with Gasteiger partial charge in [0.2, 0.25) is 0 Å². The second-order valence-electron chi connectivity index (χ2n) is 4.62. The summed E-state index contributed by atoms with van der Waals surface area (Å²) in [6, 6.07) is 8.48. The SMILES string of the molecule is CCn1c(C)cc(=O)c(C(=O)OC)c1-c1ccc(Cl)cc1. The normalized spacial score (nSPS) is 10.5. The van der Waals surface area contributed by atoms with Crippen molar-refractivity contribution in [1.29, 1.82) is 0 Å². The van der Waals surface area contributed by atoms with E-state index in [0.717, 1.165) is 11.3 Å². The van der Waals surface area contributed by atoms with Crippen molar-refractivity contribution in [2.24, 2.45) is 0 Å². The van der Waals surface area contributed by atoms with E-state index in [1.165, 1.54) is 13.2 Å². The van der Waals surface area contributed by atoms with E-state index >= 15 is 0 Å². The molecule has 1 heterocycles. The Kier molecular flexibility index (Phi) is 4.48. The van der Waals surface area contributed by atoms with Crippen molar-refractivity contribution in [3.05, 3.63) is 56.8 Å². The molecular weight excluding hydrogens is 290 g/mol. The van der Waals surface area contributed by atoms with E-state index in [1.54, 1.807) is 24.3 Å². The number of carbonyl (C=O) groups is 1. The number of carbonyl (C=O) groups excluding carboxylic acids is 1. The number of nitrogens with zero attached hydrogens (tertiary/aromatic N) is 1. The number of hydrogen-bond donors (Lipinski definition) is 0. The number of pyridine rings is 1. The van der Waals surface area contributed by atoms with Crippen LogP contribution in [-0.4, -0.2) is 17.6 Å². The molecule has 4 nitrogen and oxygen atoms in total. The molecule has 0 spiro atoms. The van der Waals surface area contributed by atoms with Crippen LogP contribution in [0.2, 0.25) is 5.02 Å². The van der Waals surface area contributed by atoms with Crippen LogP contribution in [0.1, 0.15) is 23.0 Å². The minimum atomic E-state index is -0.632. The Morgan fingerprint density at radius 1 is 1.29 bits per heavy atom. The molecule has 21 heavy (non-hydrogen) atoms. The van der Waals surface area contributed by atoms with Crippen molar-refractivity contribution in [3.8, 4) is 11.3 Å². The van der Waals surface area contributed by atoms with Gasteiger partial charge in [0.25, 0.3) is 0 Å². The number of halogens is 1. The Morgan fingerprint density at radius 2 is 1.90 bits per heavy atom. The average molecular weight is 306 g/mol. The molecule has 2 aromatic rings. The van der Waals surface area contributed by atoms with Crippen LogP contribution in [0.25, 0.3) is 11.3 Å². The molecule has 0 saturated carbocycles. The van der Waals surface area contributed by atoms with Crippen LogP contribution < -0.4 is 5.43 Å². The quantitative estimate of drug-likeness (QED) is 0.818. The Morgan fingerprint density at radius 3 is 2.43 bits per heavy atom. The van der Waals surface area contributed by atoms with Gasteiger partial charge in [-0.25, -0.2) is 4.79 Å². The van der Waals surface area contributed by atoms with Gasteiger partial charge in [0.15, 0.2) is 5.43 Å². The van der Waals surface area contributed by atoms with Crippen molar-refractivity contribution in [1.82, 2.24) is 4.57 Å². The number of hydrogen-bond acceptors (Lipinski definition) is 3. The van der Waals surface area contributed by atoms with E-state index in [2.05, 4.69) is 0 Å². The van der Waals surface area contributed by atoms with Crippen LogP contribution in [-0.2, 0) is 11.3 Å². The van der Waals surface area contributed by atoms with E-state index in [9.17, 15) is 9.59 Å². The summed E-state index contributed by atoms with van der Waals surface area (Å²) in [5.41, 5.74) is 1.81. The third-order valence-electron chi connectivity index (χ3n) is 3.34. The van der Waals surface area contributed by atoms with E-state index in [0.29, 0.717) is 17.3 Å². The molecule has 0 aliphatic carbocycles. The van der Waals surface area contributed by atoms with Gasteiger partial charge in [0.05, 0.1) is 12.8 Å². The molecule has 0 atom stereocenters. The Balaban J connectivity index is 2.85. The summed E-state index contributed by atoms with van der Waals surface area (Å²) in [4.78, 5) is 24.2. The first kappa shape index (κ1) is 15.3. The van der Waals surface area contributed by atoms with Crippen molar-refractivity contribution in [2.75, 3.05) is 7.11 Å². The lowest BCUT2D eigenvalue weighted by Crippen LogP contribution is -2.23. The van der Waals surface area contributed by atoms with Crippen LogP contribution in [0.3, 0.4) is 0 Å². The summed E-state index contributed by atoms with van der Waals surface area (Å²) in [6.07, 6.45) is 0. The zero-order valence-corrected chi connectivity index (χ0v) is 12.9. The number of aromatic nitrogens is 1. The maximum absolute atomic E-state index is 12.2. The first-order chi connectivity index (χ1) is 9.99. The summed E-state index contributed by atoms with van der Waals surface area (Å²) in [5, 5.41) is 0.594. The van der Waals surface area contributed by atoms with E-state index in [1.807, 2.05) is 18.4 Å². The second kappa shape index (κ2) is 6.14. The third kappa shape index (κ3) is 2.85. The molecule has 0 radical (unpaired) electrons. The van der Waals surface area contributed by atoms with Gasteiger partial charge in [-0.2, -0.15) is 0 Å². The summed E-state index contributed by atoms with van der Waals surface area (Å²) >= 11 is 5.90. The topological polar surface area (TPSA) is 48.3 Å². The summed E-state index contributed by atoms with van der Waals surface area (Å²) < 4.78 is 6.68. The van der Waals surface area contributed by atoms with Gasteiger partial charge in [-0.05, 0) is 31.5 Å². The van der Waals surface area contributed by atoms with Crippen LogP contribution in [0.4, 0.5) is 0 Å². The van der Waals surface area contributed by atoms with Crippen molar-refractivity contribution < 1.29 is 9.53 Å². The molecule has 1 aromatic carbocycles. The molecule has 0 amide bonds. The Labute approximate surface area is 127 Å². The fourth-order valence-electron chi connectivity index (χ4n) is 2.38. The zero-order chi connectivity index (χ0) is 15.6. The number of aryl methyl sites for hydroxylation is 1. The largest absolute Gasteiger partial charge is 0.465 e. The predicted octanol–water partition coefficient (Wildman–Crippen LogP) is 3.28. The molecule has 0 bridgehead atoms. The van der Waals surface area contributed by atoms with Gasteiger partial charge >= 0.3 is 5.97 Å². The number of rotatable bonds is 3. The van der Waals surface area contributed by atoms with Crippen LogP contribution >= 0.6 is 11.6 Å². The molecule has 0 aliphatic rings. The summed E-state index contributed by atoms with van der Waals surface area (Å²) in [7, 11) is 1.27. The minimum absolute atomic E-state index is 0.0484. The molecule has 2 rings (SSSR count). The average Bonchev–Trinajstić information content (AvgIpc) is 2.46. The van der Waals surface area contributed by atoms with E-state index in [4.69, 9.17) is 16.3 Å². The molecule has 0 saturated heterocycles. The minimum Gasteiger partial charge on any atom is -0.465 e.